The lowest BCUT2D eigenvalue weighted by molar-refractivity contribution is 0.0194. The van der Waals surface area contributed by atoms with E-state index >= 15 is 0 Å². The Labute approximate surface area is 107 Å². The standard InChI is InChI=1S/C13H19N3O2/c1-17-9-4-2-5-10(8-9)18-13-11(12(14)15)6-3-7-16-13/h3,6-7,9-10H,2,4-5,8H2,1H3,(H3,14,15). The molecule has 5 nitrogen and oxygen atoms in total. The van der Waals surface area contributed by atoms with E-state index in [1.807, 2.05) is 0 Å². The van der Waals surface area contributed by atoms with Crippen molar-refractivity contribution in [2.45, 2.75) is 37.9 Å². The highest BCUT2D eigenvalue weighted by atomic mass is 16.5. The summed E-state index contributed by atoms with van der Waals surface area (Å²) in [5, 5.41) is 7.50. The number of pyridine rings is 1. The average Bonchev–Trinajstić information content (AvgIpc) is 2.39. The first-order valence-corrected chi connectivity index (χ1v) is 6.19. The molecule has 0 aliphatic heterocycles. The van der Waals surface area contributed by atoms with E-state index in [4.69, 9.17) is 20.6 Å². The van der Waals surface area contributed by atoms with E-state index in [0.717, 1.165) is 25.7 Å². The molecule has 2 rings (SSSR count). The lowest BCUT2D eigenvalue weighted by Crippen LogP contribution is -2.30. The highest BCUT2D eigenvalue weighted by molar-refractivity contribution is 5.96. The van der Waals surface area contributed by atoms with Crippen LogP contribution in [-0.4, -0.2) is 30.1 Å². The van der Waals surface area contributed by atoms with Gasteiger partial charge in [0, 0.05) is 19.7 Å². The third-order valence-electron chi connectivity index (χ3n) is 3.25. The fraction of sp³-hybridized carbons (Fsp3) is 0.538. The van der Waals surface area contributed by atoms with Crippen LogP contribution in [0, 0.1) is 5.41 Å². The fourth-order valence-electron chi connectivity index (χ4n) is 2.27. The van der Waals surface area contributed by atoms with Gasteiger partial charge in [-0.25, -0.2) is 4.98 Å². The Morgan fingerprint density at radius 3 is 2.94 bits per heavy atom. The van der Waals surface area contributed by atoms with Gasteiger partial charge in [-0.2, -0.15) is 0 Å². The molecule has 1 heterocycles. The second-order valence-corrected chi connectivity index (χ2v) is 4.53. The van der Waals surface area contributed by atoms with Crippen LogP contribution in [0.3, 0.4) is 0 Å². The summed E-state index contributed by atoms with van der Waals surface area (Å²) >= 11 is 0. The second-order valence-electron chi connectivity index (χ2n) is 4.53. The van der Waals surface area contributed by atoms with Crippen LogP contribution >= 0.6 is 0 Å². The predicted octanol–water partition coefficient (Wildman–Crippen LogP) is 1.70. The van der Waals surface area contributed by atoms with Gasteiger partial charge in [0.1, 0.15) is 11.9 Å². The number of rotatable bonds is 4. The molecule has 1 aromatic rings. The molecule has 0 aromatic carbocycles. The number of methoxy groups -OCH3 is 1. The molecule has 1 aromatic heterocycles. The number of amidine groups is 1. The van der Waals surface area contributed by atoms with Gasteiger partial charge >= 0.3 is 0 Å². The van der Waals surface area contributed by atoms with Crippen molar-refractivity contribution >= 4 is 5.84 Å². The number of aromatic nitrogens is 1. The van der Waals surface area contributed by atoms with Gasteiger partial charge in [0.2, 0.25) is 5.88 Å². The average molecular weight is 249 g/mol. The lowest BCUT2D eigenvalue weighted by atomic mass is 9.95. The molecule has 18 heavy (non-hydrogen) atoms. The van der Waals surface area contributed by atoms with E-state index in [1.165, 1.54) is 0 Å². The number of hydrogen-bond donors (Lipinski definition) is 2. The zero-order chi connectivity index (χ0) is 13.0. The van der Waals surface area contributed by atoms with Crippen molar-refractivity contribution in [3.8, 4) is 5.88 Å². The minimum atomic E-state index is -0.0165. The predicted molar refractivity (Wildman–Crippen MR) is 68.9 cm³/mol. The summed E-state index contributed by atoms with van der Waals surface area (Å²) in [7, 11) is 1.73. The van der Waals surface area contributed by atoms with Gasteiger partial charge in [0.05, 0.1) is 11.7 Å². The monoisotopic (exact) mass is 249 g/mol. The number of nitrogens with zero attached hydrogens (tertiary/aromatic N) is 1. The smallest absolute Gasteiger partial charge is 0.224 e. The molecule has 1 aliphatic carbocycles. The molecule has 0 saturated heterocycles. The van der Waals surface area contributed by atoms with Crippen molar-refractivity contribution in [1.29, 1.82) is 5.41 Å². The van der Waals surface area contributed by atoms with Crippen LogP contribution in [0.25, 0.3) is 0 Å². The lowest BCUT2D eigenvalue weighted by Gasteiger charge is -2.28. The molecule has 1 aliphatic rings. The number of hydrogen-bond acceptors (Lipinski definition) is 4. The van der Waals surface area contributed by atoms with E-state index < -0.39 is 0 Å². The summed E-state index contributed by atoms with van der Waals surface area (Å²) in [6, 6.07) is 3.50. The Morgan fingerprint density at radius 1 is 1.44 bits per heavy atom. The van der Waals surface area contributed by atoms with Gasteiger partial charge < -0.3 is 15.2 Å². The Bertz CT molecular complexity index is 422. The topological polar surface area (TPSA) is 81.2 Å². The molecule has 0 radical (unpaired) electrons. The number of ether oxygens (including phenoxy) is 2. The van der Waals surface area contributed by atoms with E-state index in [0.29, 0.717) is 11.4 Å². The van der Waals surface area contributed by atoms with Gasteiger partial charge in [-0.3, -0.25) is 5.41 Å². The van der Waals surface area contributed by atoms with Gasteiger partial charge in [-0.1, -0.05) is 0 Å². The zero-order valence-electron chi connectivity index (χ0n) is 10.6. The molecule has 2 unspecified atom stereocenters. The van der Waals surface area contributed by atoms with Crippen molar-refractivity contribution in [2.75, 3.05) is 7.11 Å². The molecule has 2 atom stereocenters. The van der Waals surface area contributed by atoms with Crippen LogP contribution in [0.2, 0.25) is 0 Å². The molecule has 1 fully saturated rings. The Hall–Kier alpha value is -1.62. The number of nitrogens with two attached hydrogens (primary N) is 1. The molecular weight excluding hydrogens is 230 g/mol. The maximum atomic E-state index is 7.50. The summed E-state index contributed by atoms with van der Waals surface area (Å²) in [5.41, 5.74) is 6.06. The summed E-state index contributed by atoms with van der Waals surface area (Å²) in [6.45, 7) is 0. The van der Waals surface area contributed by atoms with Crippen molar-refractivity contribution in [3.63, 3.8) is 0 Å². The molecule has 5 heteroatoms. The molecule has 1 saturated carbocycles. The quantitative estimate of drug-likeness (QED) is 0.628. The van der Waals surface area contributed by atoms with Gasteiger partial charge in [0.15, 0.2) is 0 Å². The first-order valence-electron chi connectivity index (χ1n) is 6.19. The highest BCUT2D eigenvalue weighted by Gasteiger charge is 2.24. The Balaban J connectivity index is 2.07. The zero-order valence-corrected chi connectivity index (χ0v) is 10.6. The highest BCUT2D eigenvalue weighted by Crippen LogP contribution is 2.25. The van der Waals surface area contributed by atoms with Gasteiger partial charge in [0.25, 0.3) is 0 Å². The molecule has 0 bridgehead atoms. The third kappa shape index (κ3) is 2.98. The first-order chi connectivity index (χ1) is 8.70. The minimum Gasteiger partial charge on any atom is -0.474 e. The molecular formula is C13H19N3O2. The summed E-state index contributed by atoms with van der Waals surface area (Å²) in [6.07, 6.45) is 6.03. The van der Waals surface area contributed by atoms with Crippen molar-refractivity contribution in [3.05, 3.63) is 23.9 Å². The SMILES string of the molecule is COC1CCCC(Oc2ncccc2C(=N)N)C1. The van der Waals surface area contributed by atoms with Crippen LogP contribution < -0.4 is 10.5 Å². The summed E-state index contributed by atoms with van der Waals surface area (Å²) in [4.78, 5) is 4.16. The fourth-order valence-corrected chi connectivity index (χ4v) is 2.27. The maximum Gasteiger partial charge on any atom is 0.224 e. The Morgan fingerprint density at radius 2 is 2.22 bits per heavy atom. The summed E-state index contributed by atoms with van der Waals surface area (Å²) in [5.74, 6) is 0.434. The van der Waals surface area contributed by atoms with E-state index in [9.17, 15) is 0 Å². The normalized spacial score (nSPS) is 23.6. The minimum absolute atomic E-state index is 0.0165. The van der Waals surface area contributed by atoms with Crippen LogP contribution in [0.15, 0.2) is 18.3 Å². The van der Waals surface area contributed by atoms with Gasteiger partial charge in [-0.15, -0.1) is 0 Å². The van der Waals surface area contributed by atoms with Crippen LogP contribution in [0.1, 0.15) is 31.2 Å². The first kappa shape index (κ1) is 12.8. The van der Waals surface area contributed by atoms with Gasteiger partial charge in [-0.05, 0) is 31.4 Å². The maximum absolute atomic E-state index is 7.50. The second kappa shape index (κ2) is 5.82. The number of nitrogen functional groups attached to an aromatic ring is 1. The summed E-state index contributed by atoms with van der Waals surface area (Å²) < 4.78 is 11.2. The largest absolute Gasteiger partial charge is 0.474 e. The molecule has 3 N–H and O–H groups in total. The van der Waals surface area contributed by atoms with Crippen LogP contribution in [-0.2, 0) is 4.74 Å². The van der Waals surface area contributed by atoms with Crippen molar-refractivity contribution in [2.24, 2.45) is 5.73 Å². The van der Waals surface area contributed by atoms with Crippen LogP contribution in [0.4, 0.5) is 0 Å². The van der Waals surface area contributed by atoms with E-state index in [1.54, 1.807) is 25.4 Å². The third-order valence-corrected chi connectivity index (χ3v) is 3.25. The number of nitrogens with one attached hydrogen (secondary N) is 1. The van der Waals surface area contributed by atoms with Crippen molar-refractivity contribution < 1.29 is 9.47 Å². The van der Waals surface area contributed by atoms with Crippen molar-refractivity contribution in [1.82, 2.24) is 4.98 Å². The van der Waals surface area contributed by atoms with E-state index in [2.05, 4.69) is 4.98 Å². The molecule has 0 spiro atoms. The molecule has 0 amide bonds. The molecule has 98 valence electrons. The van der Waals surface area contributed by atoms with Crippen LogP contribution in [0.5, 0.6) is 5.88 Å². The van der Waals surface area contributed by atoms with E-state index in [-0.39, 0.29) is 18.0 Å². The Kier molecular flexibility index (Phi) is 4.15.